The highest BCUT2D eigenvalue weighted by Gasteiger charge is 2.44. The number of carbonyl (C=O) groups excluding carboxylic acids is 2. The van der Waals surface area contributed by atoms with Crippen molar-refractivity contribution in [3.05, 3.63) is 65.2 Å². The van der Waals surface area contributed by atoms with Gasteiger partial charge >= 0.3 is 0 Å². The minimum absolute atomic E-state index is 0.0411. The van der Waals surface area contributed by atoms with Crippen LogP contribution >= 0.6 is 0 Å². The van der Waals surface area contributed by atoms with Crippen LogP contribution in [0, 0.1) is 0 Å². The van der Waals surface area contributed by atoms with Crippen LogP contribution < -0.4 is 4.90 Å². The van der Waals surface area contributed by atoms with Gasteiger partial charge in [0, 0.05) is 30.7 Å². The van der Waals surface area contributed by atoms with Crippen LogP contribution in [0.5, 0.6) is 0 Å². The molecule has 32 heavy (non-hydrogen) atoms. The van der Waals surface area contributed by atoms with Crippen molar-refractivity contribution in [2.45, 2.75) is 71.0 Å². The summed E-state index contributed by atoms with van der Waals surface area (Å²) in [6, 6.07) is 14.9. The lowest BCUT2D eigenvalue weighted by Gasteiger charge is -2.42. The average Bonchev–Trinajstić information content (AvgIpc) is 2.75. The van der Waals surface area contributed by atoms with Gasteiger partial charge in [-0.25, -0.2) is 0 Å². The summed E-state index contributed by atoms with van der Waals surface area (Å²) in [5.41, 5.74) is 4.31. The zero-order valence-corrected chi connectivity index (χ0v) is 21.4. The summed E-state index contributed by atoms with van der Waals surface area (Å²) in [5.74, 6) is 0.00767. The van der Waals surface area contributed by atoms with Crippen LogP contribution in [0.1, 0.15) is 74.2 Å². The zero-order chi connectivity index (χ0) is 23.5. The molecular weight excluding hydrogens is 414 g/mol. The Morgan fingerprint density at radius 3 is 2.03 bits per heavy atom. The molecule has 0 atom stereocenters. The van der Waals surface area contributed by atoms with Crippen LogP contribution in [0.25, 0.3) is 0 Å². The first-order valence-corrected chi connectivity index (χ1v) is 14.0. The van der Waals surface area contributed by atoms with Gasteiger partial charge in [-0.05, 0) is 46.8 Å². The molecule has 5 heteroatoms. The molecule has 0 radical (unpaired) electrons. The van der Waals surface area contributed by atoms with E-state index in [-0.39, 0.29) is 18.1 Å². The summed E-state index contributed by atoms with van der Waals surface area (Å²) in [6.07, 6.45) is 0.985. The number of hydrogen-bond acceptors (Lipinski definition) is 3. The number of rotatable bonds is 8. The SMILES string of the molecule is CC(C)[Si](OCCCN1C(=O)c2ccccc2CC(=O)c2ccccc21)(C(C)C)C(C)C. The minimum Gasteiger partial charge on any atom is -0.416 e. The van der Waals surface area contributed by atoms with Crippen LogP contribution in [-0.4, -0.2) is 33.2 Å². The average molecular weight is 452 g/mol. The molecule has 1 aliphatic rings. The number of hydrogen-bond donors (Lipinski definition) is 0. The second kappa shape index (κ2) is 10.1. The Morgan fingerprint density at radius 2 is 1.41 bits per heavy atom. The maximum atomic E-state index is 13.6. The highest BCUT2D eigenvalue weighted by molar-refractivity contribution is 6.77. The van der Waals surface area contributed by atoms with Crippen molar-refractivity contribution in [1.29, 1.82) is 0 Å². The Hall–Kier alpha value is -2.24. The highest BCUT2D eigenvalue weighted by Crippen LogP contribution is 2.42. The van der Waals surface area contributed by atoms with Gasteiger partial charge in [0.25, 0.3) is 5.91 Å². The second-order valence-electron chi connectivity index (χ2n) is 9.75. The van der Waals surface area contributed by atoms with E-state index in [4.69, 9.17) is 4.43 Å². The molecule has 0 aromatic heterocycles. The van der Waals surface area contributed by atoms with E-state index in [1.165, 1.54) is 0 Å². The summed E-state index contributed by atoms with van der Waals surface area (Å²) in [5, 5.41) is 0. The molecule has 0 bridgehead atoms. The monoisotopic (exact) mass is 451 g/mol. The largest absolute Gasteiger partial charge is 0.416 e. The normalized spacial score (nSPS) is 14.6. The molecule has 1 amide bonds. The predicted molar refractivity (Wildman–Crippen MR) is 134 cm³/mol. The Balaban J connectivity index is 1.85. The van der Waals surface area contributed by atoms with Crippen molar-refractivity contribution in [3.63, 3.8) is 0 Å². The molecule has 0 unspecified atom stereocenters. The lowest BCUT2D eigenvalue weighted by Crippen LogP contribution is -2.48. The van der Waals surface area contributed by atoms with E-state index in [2.05, 4.69) is 41.5 Å². The molecule has 0 saturated heterocycles. The Kier molecular flexibility index (Phi) is 7.73. The number of para-hydroxylation sites is 1. The molecule has 1 heterocycles. The molecule has 0 fully saturated rings. The van der Waals surface area contributed by atoms with Crippen molar-refractivity contribution < 1.29 is 14.0 Å². The number of Topliss-reactive ketones (excluding diaryl/α,β-unsaturated/α-hetero) is 1. The van der Waals surface area contributed by atoms with Gasteiger partial charge in [-0.1, -0.05) is 71.9 Å². The van der Waals surface area contributed by atoms with Crippen molar-refractivity contribution >= 4 is 25.7 Å². The third-order valence-corrected chi connectivity index (χ3v) is 13.0. The van der Waals surface area contributed by atoms with Crippen molar-refractivity contribution in [1.82, 2.24) is 0 Å². The molecule has 2 aromatic rings. The van der Waals surface area contributed by atoms with Crippen LogP contribution in [0.3, 0.4) is 0 Å². The number of carbonyl (C=O) groups is 2. The number of benzene rings is 2. The number of fused-ring (bicyclic) bond motifs is 2. The van der Waals surface area contributed by atoms with E-state index in [0.29, 0.717) is 46.6 Å². The number of ketones is 1. The van der Waals surface area contributed by atoms with Gasteiger partial charge in [0.05, 0.1) is 5.69 Å². The third-order valence-electron chi connectivity index (χ3n) is 6.92. The maximum absolute atomic E-state index is 13.6. The molecule has 0 N–H and O–H groups in total. The Bertz CT molecular complexity index is 945. The summed E-state index contributed by atoms with van der Waals surface area (Å²) < 4.78 is 6.71. The van der Waals surface area contributed by atoms with Gasteiger partial charge in [-0.15, -0.1) is 0 Å². The van der Waals surface area contributed by atoms with Crippen LogP contribution in [0.2, 0.25) is 16.6 Å². The lowest BCUT2D eigenvalue weighted by molar-refractivity contribution is 0.0973. The van der Waals surface area contributed by atoms with E-state index in [1.807, 2.05) is 48.5 Å². The quantitative estimate of drug-likeness (QED) is 0.333. The van der Waals surface area contributed by atoms with Crippen molar-refractivity contribution in [2.75, 3.05) is 18.1 Å². The predicted octanol–water partition coefficient (Wildman–Crippen LogP) is 6.65. The summed E-state index contributed by atoms with van der Waals surface area (Å²) in [4.78, 5) is 28.3. The lowest BCUT2D eigenvalue weighted by atomic mass is 9.94. The van der Waals surface area contributed by atoms with E-state index in [1.54, 1.807) is 4.90 Å². The smallest absolute Gasteiger partial charge is 0.258 e. The van der Waals surface area contributed by atoms with E-state index >= 15 is 0 Å². The Morgan fingerprint density at radius 1 is 0.844 bits per heavy atom. The number of nitrogens with zero attached hydrogens (tertiary/aromatic N) is 1. The summed E-state index contributed by atoms with van der Waals surface area (Å²) >= 11 is 0. The molecule has 3 rings (SSSR count). The van der Waals surface area contributed by atoms with Gasteiger partial charge < -0.3 is 9.33 Å². The van der Waals surface area contributed by atoms with Crippen molar-refractivity contribution in [2.24, 2.45) is 0 Å². The molecule has 0 spiro atoms. The maximum Gasteiger partial charge on any atom is 0.258 e. The zero-order valence-electron chi connectivity index (χ0n) is 20.4. The van der Waals surface area contributed by atoms with Gasteiger partial charge in [0.2, 0.25) is 0 Å². The topological polar surface area (TPSA) is 46.6 Å². The molecule has 1 aliphatic heterocycles. The van der Waals surface area contributed by atoms with E-state index in [0.717, 1.165) is 12.0 Å². The molecular formula is C27H37NO3Si. The molecule has 4 nitrogen and oxygen atoms in total. The molecule has 0 saturated carbocycles. The van der Waals surface area contributed by atoms with Gasteiger partial charge in [-0.3, -0.25) is 9.59 Å². The molecule has 172 valence electrons. The Labute approximate surface area is 194 Å². The van der Waals surface area contributed by atoms with Crippen LogP contribution in [-0.2, 0) is 10.8 Å². The fourth-order valence-corrected chi connectivity index (χ4v) is 11.0. The van der Waals surface area contributed by atoms with E-state index < -0.39 is 8.32 Å². The van der Waals surface area contributed by atoms with Crippen LogP contribution in [0.15, 0.2) is 48.5 Å². The highest BCUT2D eigenvalue weighted by atomic mass is 28.4. The van der Waals surface area contributed by atoms with Crippen molar-refractivity contribution in [3.8, 4) is 0 Å². The third kappa shape index (κ3) is 4.60. The molecule has 2 aromatic carbocycles. The first-order chi connectivity index (χ1) is 15.2. The van der Waals surface area contributed by atoms with Gasteiger partial charge in [0.15, 0.2) is 14.1 Å². The second-order valence-corrected chi connectivity index (χ2v) is 15.2. The standard InChI is InChI=1S/C27H37NO3Si/c1-19(2)32(20(3)4,21(5)6)31-17-11-16-28-25-15-10-9-14-24(25)26(29)18-22-12-7-8-13-23(22)27(28)30/h7-10,12-15,19-21H,11,16-18H2,1-6H3. The summed E-state index contributed by atoms with van der Waals surface area (Å²) in [6.45, 7) is 14.9. The fraction of sp³-hybridized carbons (Fsp3) is 0.481. The summed E-state index contributed by atoms with van der Waals surface area (Å²) in [7, 11) is -1.95. The number of amides is 1. The fourth-order valence-electron chi connectivity index (χ4n) is 5.54. The minimum atomic E-state index is -1.95. The van der Waals surface area contributed by atoms with Gasteiger partial charge in [-0.2, -0.15) is 0 Å². The number of anilines is 1. The first-order valence-electron chi connectivity index (χ1n) is 11.9. The first kappa shape index (κ1) is 24.4. The molecule has 0 aliphatic carbocycles. The van der Waals surface area contributed by atoms with Crippen LogP contribution in [0.4, 0.5) is 5.69 Å². The van der Waals surface area contributed by atoms with Gasteiger partial charge in [0.1, 0.15) is 0 Å². The van der Waals surface area contributed by atoms with E-state index in [9.17, 15) is 9.59 Å².